The zero-order valence-electron chi connectivity index (χ0n) is 18.4. The molecule has 174 valence electrons. The summed E-state index contributed by atoms with van der Waals surface area (Å²) in [6.07, 6.45) is -4.49. The van der Waals surface area contributed by atoms with E-state index >= 15 is 0 Å². The Morgan fingerprint density at radius 1 is 0.743 bits per heavy atom. The second-order valence-corrected chi connectivity index (χ2v) is 8.82. The number of fused-ring (bicyclic) bond motifs is 4. The summed E-state index contributed by atoms with van der Waals surface area (Å²) < 4.78 is 41.1. The van der Waals surface area contributed by atoms with Gasteiger partial charge in [-0.05, 0) is 41.0 Å². The topological polar surface area (TPSA) is 29.5 Å². The van der Waals surface area contributed by atoms with E-state index in [0.717, 1.165) is 17.7 Å². The molecule has 2 bridgehead atoms. The summed E-state index contributed by atoms with van der Waals surface area (Å²) >= 11 is 0. The van der Waals surface area contributed by atoms with Crippen molar-refractivity contribution in [1.29, 1.82) is 0 Å². The van der Waals surface area contributed by atoms with Crippen molar-refractivity contribution in [2.45, 2.75) is 23.7 Å². The van der Waals surface area contributed by atoms with Crippen LogP contribution in [0.25, 0.3) is 0 Å². The van der Waals surface area contributed by atoms with Crippen LogP contribution in [0.5, 0.6) is 0 Å². The maximum Gasteiger partial charge on any atom is 0.416 e. The molecule has 3 atom stereocenters. The van der Waals surface area contributed by atoms with Gasteiger partial charge in [-0.2, -0.15) is 13.2 Å². The number of alkyl halides is 3. The Kier molecular flexibility index (Phi) is 4.83. The van der Waals surface area contributed by atoms with E-state index in [0.29, 0.717) is 22.4 Å². The summed E-state index contributed by atoms with van der Waals surface area (Å²) in [5, 5.41) is 1.64. The molecule has 0 N–H and O–H groups in total. The average Bonchev–Trinajstić information content (AvgIpc) is 3.22. The lowest BCUT2D eigenvalue weighted by atomic mass is 9.70. The van der Waals surface area contributed by atoms with E-state index in [1.807, 2.05) is 60.7 Å². The Morgan fingerprint density at radius 3 is 2.09 bits per heavy atom. The van der Waals surface area contributed by atoms with E-state index in [1.54, 1.807) is 35.4 Å². The summed E-state index contributed by atoms with van der Waals surface area (Å²) in [6.45, 7) is 0. The molecule has 0 amide bonds. The molecule has 0 spiro atoms. The SMILES string of the molecule is O=C1c2ccccc2N2O[C@]1(c1ccccc1)[C@H](c1ccccc1)C2c1cccc(C(F)(F)F)c1. The predicted octanol–water partition coefficient (Wildman–Crippen LogP) is 7.07. The van der Waals surface area contributed by atoms with Gasteiger partial charge < -0.3 is 0 Å². The molecule has 1 unspecified atom stereocenters. The molecule has 1 fully saturated rings. The highest BCUT2D eigenvalue weighted by Crippen LogP contribution is 2.62. The van der Waals surface area contributed by atoms with Crippen LogP contribution >= 0.6 is 0 Å². The van der Waals surface area contributed by atoms with E-state index in [9.17, 15) is 18.0 Å². The number of nitrogens with zero attached hydrogens (tertiary/aromatic N) is 1. The summed E-state index contributed by atoms with van der Waals surface area (Å²) in [5.41, 5.74) is 0.752. The van der Waals surface area contributed by atoms with Crippen LogP contribution in [-0.4, -0.2) is 5.78 Å². The number of Topliss-reactive ketones (excluding diaryl/α,β-unsaturated/α-hetero) is 1. The summed E-state index contributed by atoms with van der Waals surface area (Å²) in [4.78, 5) is 20.8. The number of para-hydroxylation sites is 1. The van der Waals surface area contributed by atoms with Crippen LogP contribution in [0.15, 0.2) is 109 Å². The molecule has 2 heterocycles. The second-order valence-electron chi connectivity index (χ2n) is 8.82. The number of hydrogen-bond acceptors (Lipinski definition) is 3. The first-order valence-corrected chi connectivity index (χ1v) is 11.3. The fraction of sp³-hybridized carbons (Fsp3) is 0.138. The van der Waals surface area contributed by atoms with Crippen molar-refractivity contribution >= 4 is 11.5 Å². The third-order valence-corrected chi connectivity index (χ3v) is 6.89. The smallest absolute Gasteiger partial charge is 0.290 e. The molecule has 2 aliphatic heterocycles. The highest BCUT2D eigenvalue weighted by atomic mass is 19.4. The molecule has 0 aromatic heterocycles. The maximum atomic E-state index is 14.3. The summed E-state index contributed by atoms with van der Waals surface area (Å²) in [7, 11) is 0. The molecule has 6 heteroatoms. The van der Waals surface area contributed by atoms with Crippen molar-refractivity contribution in [1.82, 2.24) is 0 Å². The summed E-state index contributed by atoms with van der Waals surface area (Å²) in [6, 6.07) is 30.4. The molecule has 0 aliphatic carbocycles. The molecule has 2 aliphatic rings. The van der Waals surface area contributed by atoms with Crippen LogP contribution in [-0.2, 0) is 16.6 Å². The van der Waals surface area contributed by atoms with E-state index in [1.165, 1.54) is 6.07 Å². The molecule has 4 aromatic rings. The number of anilines is 1. The number of rotatable bonds is 3. The standard InChI is InChI=1S/C29H20F3NO2/c30-29(31,32)22-15-9-12-20(18-22)26-25(19-10-3-1-4-11-19)28(21-13-5-2-6-14-21)27(34)23-16-7-8-17-24(23)33(26)35-28/h1-18,25-26H/t25-,26?,28-/m1/s1. The van der Waals surface area contributed by atoms with Gasteiger partial charge in [-0.25, -0.2) is 5.06 Å². The number of hydroxylamine groups is 1. The van der Waals surface area contributed by atoms with E-state index < -0.39 is 29.3 Å². The molecule has 0 saturated carbocycles. The number of ketones is 1. The van der Waals surface area contributed by atoms with Gasteiger partial charge in [0.15, 0.2) is 5.60 Å². The van der Waals surface area contributed by atoms with Gasteiger partial charge in [-0.1, -0.05) is 84.9 Å². The van der Waals surface area contributed by atoms with Crippen LogP contribution < -0.4 is 5.06 Å². The third-order valence-electron chi connectivity index (χ3n) is 6.89. The highest BCUT2D eigenvalue weighted by molar-refractivity contribution is 6.10. The molecular weight excluding hydrogens is 451 g/mol. The largest absolute Gasteiger partial charge is 0.416 e. The Labute approximate surface area is 200 Å². The number of benzene rings is 4. The average molecular weight is 471 g/mol. The lowest BCUT2D eigenvalue weighted by Crippen LogP contribution is -2.44. The monoisotopic (exact) mass is 471 g/mol. The molecule has 3 nitrogen and oxygen atoms in total. The molecule has 1 saturated heterocycles. The van der Waals surface area contributed by atoms with E-state index in [4.69, 9.17) is 4.84 Å². The Hall–Kier alpha value is -3.90. The van der Waals surface area contributed by atoms with Crippen molar-refractivity contribution in [2.75, 3.05) is 5.06 Å². The Bertz CT molecular complexity index is 1400. The van der Waals surface area contributed by atoms with Crippen LogP contribution in [0.2, 0.25) is 0 Å². The van der Waals surface area contributed by atoms with Crippen molar-refractivity contribution in [3.05, 3.63) is 137 Å². The zero-order valence-corrected chi connectivity index (χ0v) is 18.4. The molecular formula is C29H20F3NO2. The molecule has 6 rings (SSSR count). The number of carbonyl (C=O) groups excluding carboxylic acids is 1. The first-order chi connectivity index (χ1) is 16.9. The Morgan fingerprint density at radius 2 is 1.37 bits per heavy atom. The normalized spacial score (nSPS) is 23.3. The summed E-state index contributed by atoms with van der Waals surface area (Å²) in [5.74, 6) is -0.812. The van der Waals surface area contributed by atoms with Gasteiger partial charge in [0.25, 0.3) is 0 Å². The van der Waals surface area contributed by atoms with Gasteiger partial charge in [-0.3, -0.25) is 9.63 Å². The van der Waals surface area contributed by atoms with Crippen molar-refractivity contribution in [2.24, 2.45) is 0 Å². The van der Waals surface area contributed by atoms with Crippen LogP contribution in [0, 0.1) is 0 Å². The Balaban J connectivity index is 1.67. The number of carbonyl (C=O) groups is 1. The van der Waals surface area contributed by atoms with Crippen molar-refractivity contribution < 1.29 is 22.8 Å². The van der Waals surface area contributed by atoms with Crippen LogP contribution in [0.1, 0.15) is 44.6 Å². The van der Waals surface area contributed by atoms with Crippen molar-refractivity contribution in [3.63, 3.8) is 0 Å². The van der Waals surface area contributed by atoms with Gasteiger partial charge in [0.2, 0.25) is 5.78 Å². The first-order valence-electron chi connectivity index (χ1n) is 11.3. The fourth-order valence-electron chi connectivity index (χ4n) is 5.42. The second kappa shape index (κ2) is 7.82. The lowest BCUT2D eigenvalue weighted by molar-refractivity contribution is -0.137. The molecule has 35 heavy (non-hydrogen) atoms. The highest BCUT2D eigenvalue weighted by Gasteiger charge is 2.64. The van der Waals surface area contributed by atoms with Gasteiger partial charge >= 0.3 is 6.18 Å². The molecule has 4 aromatic carbocycles. The first kappa shape index (κ1) is 21.6. The van der Waals surface area contributed by atoms with Crippen LogP contribution in [0.3, 0.4) is 0 Å². The van der Waals surface area contributed by atoms with E-state index in [2.05, 4.69) is 0 Å². The van der Waals surface area contributed by atoms with E-state index in [-0.39, 0.29) is 5.78 Å². The predicted molar refractivity (Wildman–Crippen MR) is 126 cm³/mol. The minimum Gasteiger partial charge on any atom is -0.290 e. The molecule has 0 radical (unpaired) electrons. The fourth-order valence-corrected chi connectivity index (χ4v) is 5.42. The minimum atomic E-state index is -4.49. The number of halogens is 3. The van der Waals surface area contributed by atoms with Gasteiger partial charge in [0.05, 0.1) is 23.2 Å². The van der Waals surface area contributed by atoms with Gasteiger partial charge in [0.1, 0.15) is 0 Å². The lowest BCUT2D eigenvalue weighted by Gasteiger charge is -2.36. The quantitative estimate of drug-likeness (QED) is 0.320. The number of hydrogen-bond donors (Lipinski definition) is 0. The zero-order chi connectivity index (χ0) is 24.2. The third kappa shape index (κ3) is 3.21. The minimum absolute atomic E-state index is 0.209. The van der Waals surface area contributed by atoms with Gasteiger partial charge in [0, 0.05) is 5.56 Å². The maximum absolute atomic E-state index is 14.3. The van der Waals surface area contributed by atoms with Crippen LogP contribution in [0.4, 0.5) is 18.9 Å². The van der Waals surface area contributed by atoms with Gasteiger partial charge in [-0.15, -0.1) is 0 Å². The van der Waals surface area contributed by atoms with Crippen molar-refractivity contribution in [3.8, 4) is 0 Å².